The van der Waals surface area contributed by atoms with Crippen LogP contribution in [0.2, 0.25) is 0 Å². The van der Waals surface area contributed by atoms with Crippen molar-refractivity contribution in [1.82, 2.24) is 20.0 Å². The maximum Gasteiger partial charge on any atom is 0.401 e. The Labute approximate surface area is 177 Å². The van der Waals surface area contributed by atoms with Crippen molar-refractivity contribution in [3.05, 3.63) is 33.6 Å². The Hall–Kier alpha value is -1.91. The van der Waals surface area contributed by atoms with E-state index >= 15 is 0 Å². The van der Waals surface area contributed by atoms with Gasteiger partial charge in [0, 0.05) is 31.1 Å². The van der Waals surface area contributed by atoms with E-state index in [0.717, 1.165) is 30.5 Å². The van der Waals surface area contributed by atoms with Gasteiger partial charge >= 0.3 is 6.18 Å². The van der Waals surface area contributed by atoms with E-state index in [0.29, 0.717) is 35.7 Å². The summed E-state index contributed by atoms with van der Waals surface area (Å²) in [6, 6.07) is 4.38. The van der Waals surface area contributed by atoms with Gasteiger partial charge in [-0.2, -0.15) is 18.3 Å². The molecule has 2 aliphatic rings. The molecule has 0 radical (unpaired) electrons. The number of carbonyl (C=O) groups excluding carboxylic acids is 1. The molecule has 1 aliphatic heterocycles. The first-order valence-corrected chi connectivity index (χ1v) is 11.0. The van der Waals surface area contributed by atoms with Gasteiger partial charge in [-0.25, -0.2) is 0 Å². The van der Waals surface area contributed by atoms with Gasteiger partial charge < -0.3 is 10.6 Å². The Morgan fingerprint density at radius 1 is 1.30 bits per heavy atom. The molecule has 1 saturated heterocycles. The van der Waals surface area contributed by atoms with Gasteiger partial charge in [-0.15, -0.1) is 11.3 Å². The molecule has 1 aliphatic carbocycles. The Morgan fingerprint density at radius 2 is 2.03 bits per heavy atom. The second-order valence-electron chi connectivity index (χ2n) is 8.27. The van der Waals surface area contributed by atoms with Crippen LogP contribution in [0.5, 0.6) is 0 Å². The molecule has 10 heteroatoms. The molecule has 164 valence electrons. The molecule has 2 N–H and O–H groups in total. The van der Waals surface area contributed by atoms with Gasteiger partial charge in [0.25, 0.3) is 5.91 Å². The van der Waals surface area contributed by atoms with Crippen molar-refractivity contribution in [2.45, 2.75) is 50.4 Å². The van der Waals surface area contributed by atoms with Gasteiger partial charge in [0.05, 0.1) is 17.1 Å². The molecule has 0 spiro atoms. The molecule has 4 rings (SSSR count). The monoisotopic (exact) mass is 441 g/mol. The van der Waals surface area contributed by atoms with E-state index in [1.54, 1.807) is 11.7 Å². The highest BCUT2D eigenvalue weighted by Gasteiger charge is 2.41. The van der Waals surface area contributed by atoms with Crippen LogP contribution in [0, 0.1) is 6.92 Å². The van der Waals surface area contributed by atoms with Crippen molar-refractivity contribution in [3.8, 4) is 0 Å². The zero-order valence-corrected chi connectivity index (χ0v) is 17.8. The SMILES string of the molecule is Cc1cc(NC(=O)c2cc(C3CC3NC3CCN(CC(F)(F)F)CC3)cs2)n(C)n1. The molecule has 6 nitrogen and oxygen atoms in total. The third kappa shape index (κ3) is 5.22. The smallest absolute Gasteiger partial charge is 0.311 e. The Morgan fingerprint density at radius 3 is 2.67 bits per heavy atom. The lowest BCUT2D eigenvalue weighted by Gasteiger charge is -2.33. The van der Waals surface area contributed by atoms with Gasteiger partial charge in [0.1, 0.15) is 5.82 Å². The van der Waals surface area contributed by atoms with Crippen molar-refractivity contribution in [2.24, 2.45) is 7.05 Å². The summed E-state index contributed by atoms with van der Waals surface area (Å²) in [7, 11) is 1.79. The molecule has 0 aromatic carbocycles. The number of alkyl halides is 3. The average molecular weight is 442 g/mol. The molecule has 0 bridgehead atoms. The van der Waals surface area contributed by atoms with Crippen molar-refractivity contribution < 1.29 is 18.0 Å². The second-order valence-corrected chi connectivity index (χ2v) is 9.19. The zero-order chi connectivity index (χ0) is 21.5. The number of nitrogens with zero attached hydrogens (tertiary/aromatic N) is 3. The van der Waals surface area contributed by atoms with Gasteiger partial charge in [0.2, 0.25) is 0 Å². The number of halogens is 3. The normalized spacial score (nSPS) is 23.0. The number of hydrogen-bond donors (Lipinski definition) is 2. The van der Waals surface area contributed by atoms with Crippen LogP contribution in [-0.2, 0) is 7.05 Å². The number of aromatic nitrogens is 2. The molecular formula is C20H26F3N5OS. The van der Waals surface area contributed by atoms with Crippen molar-refractivity contribution in [3.63, 3.8) is 0 Å². The number of carbonyl (C=O) groups is 1. The van der Waals surface area contributed by atoms with E-state index in [4.69, 9.17) is 0 Å². The summed E-state index contributed by atoms with van der Waals surface area (Å²) in [5.74, 6) is 0.890. The lowest BCUT2D eigenvalue weighted by Crippen LogP contribution is -2.46. The maximum atomic E-state index is 12.5. The minimum atomic E-state index is -4.12. The lowest BCUT2D eigenvalue weighted by atomic mass is 10.0. The molecule has 1 saturated carbocycles. The van der Waals surface area contributed by atoms with E-state index < -0.39 is 12.7 Å². The number of aryl methyl sites for hydroxylation is 2. The average Bonchev–Trinajstić information content (AvgIpc) is 3.09. The fourth-order valence-corrected chi connectivity index (χ4v) is 5.00. The Kier molecular flexibility index (Phi) is 5.91. The predicted octanol–water partition coefficient (Wildman–Crippen LogP) is 3.51. The number of piperidine rings is 1. The first-order chi connectivity index (χ1) is 14.2. The van der Waals surface area contributed by atoms with Crippen LogP contribution in [-0.4, -0.2) is 58.5 Å². The third-order valence-electron chi connectivity index (χ3n) is 5.75. The van der Waals surface area contributed by atoms with E-state index in [2.05, 4.69) is 15.7 Å². The van der Waals surface area contributed by atoms with Crippen LogP contribution in [0.25, 0.3) is 0 Å². The second kappa shape index (κ2) is 8.32. The third-order valence-corrected chi connectivity index (χ3v) is 6.69. The van der Waals surface area contributed by atoms with Crippen molar-refractivity contribution in [1.29, 1.82) is 0 Å². The number of rotatable bonds is 6. The fourth-order valence-electron chi connectivity index (χ4n) is 4.13. The van der Waals surface area contributed by atoms with Crippen LogP contribution in [0.1, 0.15) is 46.1 Å². The highest BCUT2D eigenvalue weighted by molar-refractivity contribution is 7.12. The predicted molar refractivity (Wildman–Crippen MR) is 110 cm³/mol. The molecule has 3 heterocycles. The van der Waals surface area contributed by atoms with Gasteiger partial charge in [-0.3, -0.25) is 14.4 Å². The summed E-state index contributed by atoms with van der Waals surface area (Å²) in [5, 5.41) is 12.7. The van der Waals surface area contributed by atoms with E-state index in [1.807, 2.05) is 24.4 Å². The zero-order valence-electron chi connectivity index (χ0n) is 17.0. The summed E-state index contributed by atoms with van der Waals surface area (Å²) < 4.78 is 39.2. The van der Waals surface area contributed by atoms with Gasteiger partial charge in [-0.1, -0.05) is 0 Å². The summed E-state index contributed by atoms with van der Waals surface area (Å²) in [6.07, 6.45) is -1.65. The minimum absolute atomic E-state index is 0.142. The van der Waals surface area contributed by atoms with Crippen LogP contribution in [0.3, 0.4) is 0 Å². The van der Waals surface area contributed by atoms with Gasteiger partial charge in [-0.05, 0) is 56.3 Å². The molecule has 2 fully saturated rings. The lowest BCUT2D eigenvalue weighted by molar-refractivity contribution is -0.148. The summed E-state index contributed by atoms with van der Waals surface area (Å²) in [5.41, 5.74) is 1.99. The highest BCUT2D eigenvalue weighted by Crippen LogP contribution is 2.43. The van der Waals surface area contributed by atoms with Crippen molar-refractivity contribution >= 4 is 23.1 Å². The number of nitrogens with one attached hydrogen (secondary N) is 2. The number of anilines is 1. The van der Waals surface area contributed by atoms with Crippen LogP contribution in [0.4, 0.5) is 19.0 Å². The molecule has 2 aromatic heterocycles. The maximum absolute atomic E-state index is 12.5. The standard InChI is InChI=1S/C20H26F3N5OS/c1-12-7-18(27(2)26-12)25-19(29)17-8-13(10-30-17)15-9-16(15)24-14-3-5-28(6-4-14)11-20(21,22)23/h7-8,10,14-16,24H,3-6,9,11H2,1-2H3,(H,25,29). The van der Waals surface area contributed by atoms with E-state index in [9.17, 15) is 18.0 Å². The molecule has 2 aromatic rings. The molecule has 30 heavy (non-hydrogen) atoms. The van der Waals surface area contributed by atoms with Gasteiger partial charge in [0.15, 0.2) is 0 Å². The Bertz CT molecular complexity index is 901. The summed E-state index contributed by atoms with van der Waals surface area (Å²) in [4.78, 5) is 14.7. The molecule has 2 atom stereocenters. The summed E-state index contributed by atoms with van der Waals surface area (Å²) >= 11 is 1.43. The summed E-state index contributed by atoms with van der Waals surface area (Å²) in [6.45, 7) is 2.01. The van der Waals surface area contributed by atoms with Crippen LogP contribution < -0.4 is 10.6 Å². The topological polar surface area (TPSA) is 62.2 Å². The number of amides is 1. The Balaban J connectivity index is 1.25. The first kappa shape index (κ1) is 21.3. The van der Waals surface area contributed by atoms with Crippen molar-refractivity contribution in [2.75, 3.05) is 25.0 Å². The minimum Gasteiger partial charge on any atom is -0.311 e. The molecule has 2 unspecified atom stereocenters. The van der Waals surface area contributed by atoms with Crippen LogP contribution in [0.15, 0.2) is 17.5 Å². The first-order valence-electron chi connectivity index (χ1n) is 10.1. The number of likely N-dealkylation sites (tertiary alicyclic amines) is 1. The quantitative estimate of drug-likeness (QED) is 0.720. The number of hydrogen-bond acceptors (Lipinski definition) is 5. The van der Waals surface area contributed by atoms with E-state index in [-0.39, 0.29) is 11.9 Å². The number of thiophene rings is 1. The molecule has 1 amide bonds. The fraction of sp³-hybridized carbons (Fsp3) is 0.600. The largest absolute Gasteiger partial charge is 0.401 e. The van der Waals surface area contributed by atoms with Crippen LogP contribution >= 0.6 is 11.3 Å². The van der Waals surface area contributed by atoms with E-state index in [1.165, 1.54) is 16.2 Å². The molecular weight excluding hydrogens is 415 g/mol. The highest BCUT2D eigenvalue weighted by atomic mass is 32.1.